The summed E-state index contributed by atoms with van der Waals surface area (Å²) in [5, 5.41) is 9.09. The summed E-state index contributed by atoms with van der Waals surface area (Å²) >= 11 is 0. The van der Waals surface area contributed by atoms with Crippen LogP contribution in [0, 0.1) is 10.8 Å². The highest BCUT2D eigenvalue weighted by atomic mass is 32.2. The molecule has 0 spiro atoms. The molecule has 1 fully saturated rings. The Balaban J connectivity index is 2.09. The predicted molar refractivity (Wildman–Crippen MR) is 79.5 cm³/mol. The number of hydrogen-bond acceptors (Lipinski definition) is 3. The molecule has 5 heteroatoms. The van der Waals surface area contributed by atoms with Gasteiger partial charge in [0.2, 0.25) is 10.0 Å². The van der Waals surface area contributed by atoms with E-state index in [4.69, 9.17) is 5.11 Å². The summed E-state index contributed by atoms with van der Waals surface area (Å²) < 4.78 is 27.3. The van der Waals surface area contributed by atoms with Crippen LogP contribution < -0.4 is 4.72 Å². The highest BCUT2D eigenvalue weighted by Gasteiger charge is 2.65. The summed E-state index contributed by atoms with van der Waals surface area (Å²) in [6, 6.07) is 7.00. The highest BCUT2D eigenvalue weighted by Crippen LogP contribution is 2.62. The minimum absolute atomic E-state index is 0.0208. The van der Waals surface area contributed by atoms with E-state index in [9.17, 15) is 8.42 Å². The standard InChI is InChI=1S/C15H23NO3S/c1-14(2)13(15(14,3)4)16-20(18,19)10-12-7-5-6-11(8-12)9-17/h5-8,13,16-17H,9-10H2,1-4H3. The van der Waals surface area contributed by atoms with E-state index in [-0.39, 0.29) is 29.2 Å². The second-order valence-corrected chi connectivity index (χ2v) is 8.49. The van der Waals surface area contributed by atoms with E-state index < -0.39 is 10.0 Å². The van der Waals surface area contributed by atoms with Crippen LogP contribution in [-0.2, 0) is 22.4 Å². The lowest BCUT2D eigenvalue weighted by Gasteiger charge is -2.09. The molecule has 0 unspecified atom stereocenters. The van der Waals surface area contributed by atoms with Crippen LogP contribution in [0.3, 0.4) is 0 Å². The van der Waals surface area contributed by atoms with Crippen molar-refractivity contribution in [3.63, 3.8) is 0 Å². The first-order chi connectivity index (χ1) is 9.10. The number of sulfonamides is 1. The first kappa shape index (κ1) is 15.5. The van der Waals surface area contributed by atoms with Crippen molar-refractivity contribution >= 4 is 10.0 Å². The van der Waals surface area contributed by atoms with Gasteiger partial charge in [-0.05, 0) is 22.0 Å². The summed E-state index contributed by atoms with van der Waals surface area (Å²) in [6.45, 7) is 8.22. The van der Waals surface area contributed by atoms with Gasteiger partial charge in [0, 0.05) is 6.04 Å². The maximum Gasteiger partial charge on any atom is 0.216 e. The fraction of sp³-hybridized carbons (Fsp3) is 0.600. The van der Waals surface area contributed by atoms with Gasteiger partial charge >= 0.3 is 0 Å². The van der Waals surface area contributed by atoms with Crippen molar-refractivity contribution in [3.8, 4) is 0 Å². The molecule has 112 valence electrons. The van der Waals surface area contributed by atoms with Gasteiger partial charge in [-0.2, -0.15) is 0 Å². The average molecular weight is 297 g/mol. The number of hydrogen-bond donors (Lipinski definition) is 2. The molecule has 2 rings (SSSR count). The van der Waals surface area contributed by atoms with Crippen LogP contribution in [0.25, 0.3) is 0 Å². The van der Waals surface area contributed by atoms with Crippen molar-refractivity contribution in [3.05, 3.63) is 35.4 Å². The number of benzene rings is 1. The molecule has 1 aliphatic rings. The molecule has 0 aromatic heterocycles. The molecule has 0 bridgehead atoms. The second-order valence-electron chi connectivity index (χ2n) is 6.73. The van der Waals surface area contributed by atoms with E-state index in [0.717, 1.165) is 5.56 Å². The van der Waals surface area contributed by atoms with Crippen LogP contribution in [0.15, 0.2) is 24.3 Å². The Hall–Kier alpha value is -0.910. The molecule has 0 amide bonds. The number of aliphatic hydroxyl groups is 1. The molecule has 2 N–H and O–H groups in total. The topological polar surface area (TPSA) is 66.4 Å². The third-order valence-electron chi connectivity index (χ3n) is 4.85. The Morgan fingerprint density at radius 2 is 1.70 bits per heavy atom. The van der Waals surface area contributed by atoms with Crippen molar-refractivity contribution < 1.29 is 13.5 Å². The molecular formula is C15H23NO3S. The van der Waals surface area contributed by atoms with Gasteiger partial charge in [-0.15, -0.1) is 0 Å². The maximum absolute atomic E-state index is 12.3. The summed E-state index contributed by atoms with van der Waals surface area (Å²) in [7, 11) is -3.37. The largest absolute Gasteiger partial charge is 0.392 e. The summed E-state index contributed by atoms with van der Waals surface area (Å²) in [5.41, 5.74) is 1.38. The van der Waals surface area contributed by atoms with Gasteiger partial charge in [-0.1, -0.05) is 52.0 Å². The fourth-order valence-electron chi connectivity index (χ4n) is 2.75. The molecule has 0 heterocycles. The smallest absolute Gasteiger partial charge is 0.216 e. The molecule has 20 heavy (non-hydrogen) atoms. The van der Waals surface area contributed by atoms with Crippen LogP contribution in [0.2, 0.25) is 0 Å². The average Bonchev–Trinajstić information content (AvgIpc) is 2.71. The fourth-order valence-corrected chi connectivity index (χ4v) is 4.40. The molecule has 0 aliphatic heterocycles. The monoisotopic (exact) mass is 297 g/mol. The molecule has 0 atom stereocenters. The van der Waals surface area contributed by atoms with Gasteiger partial charge in [0.1, 0.15) is 0 Å². The van der Waals surface area contributed by atoms with Crippen molar-refractivity contribution in [2.24, 2.45) is 10.8 Å². The Morgan fingerprint density at radius 3 is 2.20 bits per heavy atom. The Kier molecular flexibility index (Phi) is 3.73. The van der Waals surface area contributed by atoms with Crippen LogP contribution in [0.1, 0.15) is 38.8 Å². The number of rotatable bonds is 5. The molecule has 0 radical (unpaired) electrons. The van der Waals surface area contributed by atoms with E-state index in [2.05, 4.69) is 32.4 Å². The zero-order valence-corrected chi connectivity index (χ0v) is 13.3. The minimum atomic E-state index is -3.37. The molecular weight excluding hydrogens is 274 g/mol. The van der Waals surface area contributed by atoms with E-state index in [1.54, 1.807) is 24.3 Å². The molecule has 1 aliphatic carbocycles. The first-order valence-electron chi connectivity index (χ1n) is 6.79. The minimum Gasteiger partial charge on any atom is -0.392 e. The van der Waals surface area contributed by atoms with Gasteiger partial charge in [-0.3, -0.25) is 0 Å². The molecule has 1 aromatic carbocycles. The Labute approximate surface area is 121 Å². The summed E-state index contributed by atoms with van der Waals surface area (Å²) in [6.07, 6.45) is 0. The van der Waals surface area contributed by atoms with Gasteiger partial charge in [0.25, 0.3) is 0 Å². The van der Waals surface area contributed by atoms with Crippen LogP contribution in [-0.4, -0.2) is 19.6 Å². The Bertz CT molecular complexity index is 591. The number of aliphatic hydroxyl groups excluding tert-OH is 1. The lowest BCUT2D eigenvalue weighted by molar-refractivity contribution is 0.282. The lowest BCUT2D eigenvalue weighted by Crippen LogP contribution is -2.31. The molecule has 1 saturated carbocycles. The van der Waals surface area contributed by atoms with Crippen LogP contribution in [0.5, 0.6) is 0 Å². The third kappa shape index (κ3) is 2.75. The normalized spacial score (nSPS) is 20.9. The van der Waals surface area contributed by atoms with Crippen molar-refractivity contribution in [1.29, 1.82) is 0 Å². The van der Waals surface area contributed by atoms with Gasteiger partial charge in [0.05, 0.1) is 12.4 Å². The van der Waals surface area contributed by atoms with Gasteiger partial charge < -0.3 is 5.11 Å². The molecule has 4 nitrogen and oxygen atoms in total. The SMILES string of the molecule is CC1(C)C(NS(=O)(=O)Cc2cccc(CO)c2)C1(C)C. The van der Waals surface area contributed by atoms with Gasteiger partial charge in [-0.25, -0.2) is 13.1 Å². The van der Waals surface area contributed by atoms with Gasteiger partial charge in [0.15, 0.2) is 0 Å². The summed E-state index contributed by atoms with van der Waals surface area (Å²) in [4.78, 5) is 0. The van der Waals surface area contributed by atoms with Crippen LogP contribution >= 0.6 is 0 Å². The highest BCUT2D eigenvalue weighted by molar-refractivity contribution is 7.88. The first-order valence-corrected chi connectivity index (χ1v) is 8.44. The van der Waals surface area contributed by atoms with Crippen molar-refractivity contribution in [1.82, 2.24) is 4.72 Å². The Morgan fingerprint density at radius 1 is 1.15 bits per heavy atom. The van der Waals surface area contributed by atoms with Crippen molar-refractivity contribution in [2.45, 2.75) is 46.1 Å². The maximum atomic E-state index is 12.3. The van der Waals surface area contributed by atoms with E-state index in [1.165, 1.54) is 0 Å². The summed E-state index contributed by atoms with van der Waals surface area (Å²) in [5.74, 6) is -0.0521. The zero-order valence-electron chi connectivity index (χ0n) is 12.5. The lowest BCUT2D eigenvalue weighted by atomic mass is 10.0. The predicted octanol–water partition coefficient (Wildman–Crippen LogP) is 2.03. The van der Waals surface area contributed by atoms with Crippen LogP contribution in [0.4, 0.5) is 0 Å². The van der Waals surface area contributed by atoms with Crippen molar-refractivity contribution in [2.75, 3.05) is 0 Å². The van der Waals surface area contributed by atoms with E-state index in [1.807, 2.05) is 0 Å². The zero-order chi connectivity index (χ0) is 15.2. The van der Waals surface area contributed by atoms with E-state index >= 15 is 0 Å². The van der Waals surface area contributed by atoms with E-state index in [0.29, 0.717) is 5.56 Å². The second kappa shape index (κ2) is 4.83. The molecule has 1 aromatic rings. The number of nitrogens with one attached hydrogen (secondary N) is 1. The molecule has 0 saturated heterocycles. The third-order valence-corrected chi connectivity index (χ3v) is 6.16. The quantitative estimate of drug-likeness (QED) is 0.874.